The van der Waals surface area contributed by atoms with Crippen molar-refractivity contribution in [1.82, 2.24) is 5.32 Å². The van der Waals surface area contributed by atoms with E-state index < -0.39 is 13.1 Å². The van der Waals surface area contributed by atoms with E-state index in [-0.39, 0.29) is 11.8 Å². The Morgan fingerprint density at radius 1 is 1.13 bits per heavy atom. The van der Waals surface area contributed by atoms with Gasteiger partial charge in [0.1, 0.15) is 0 Å². The number of fused-ring (bicyclic) bond motifs is 1. The zero-order chi connectivity index (χ0) is 16.8. The molecule has 0 saturated heterocycles. The lowest BCUT2D eigenvalue weighted by Gasteiger charge is -2.19. The maximum atomic E-state index is 12.1. The van der Waals surface area contributed by atoms with Gasteiger partial charge in [0, 0.05) is 6.42 Å². The fraction of sp³-hybridized carbons (Fsp3) is 0.389. The van der Waals surface area contributed by atoms with Crippen molar-refractivity contribution in [2.75, 3.05) is 0 Å². The summed E-state index contributed by atoms with van der Waals surface area (Å²) in [7, 11) is -1.53. The second-order valence-corrected chi connectivity index (χ2v) is 6.36. The Kier molecular flexibility index (Phi) is 6.19. The van der Waals surface area contributed by atoms with Crippen LogP contribution in [0.25, 0.3) is 10.8 Å². The van der Waals surface area contributed by atoms with E-state index in [1.54, 1.807) is 0 Å². The molecule has 1 amide bonds. The van der Waals surface area contributed by atoms with Gasteiger partial charge in [0.15, 0.2) is 0 Å². The number of carbonyl (C=O) groups excluding carboxylic acids is 1. The minimum atomic E-state index is -1.53. The van der Waals surface area contributed by atoms with Crippen molar-refractivity contribution >= 4 is 23.8 Å². The molecule has 0 aliphatic rings. The Morgan fingerprint density at radius 2 is 1.83 bits per heavy atom. The van der Waals surface area contributed by atoms with Gasteiger partial charge in [-0.3, -0.25) is 4.79 Å². The second kappa shape index (κ2) is 8.13. The topological polar surface area (TPSA) is 69.6 Å². The van der Waals surface area contributed by atoms with Crippen LogP contribution in [-0.4, -0.2) is 29.0 Å². The summed E-state index contributed by atoms with van der Waals surface area (Å²) >= 11 is 0. The average molecular weight is 313 g/mol. The van der Waals surface area contributed by atoms with Gasteiger partial charge < -0.3 is 15.4 Å². The number of rotatable bonds is 7. The highest BCUT2D eigenvalue weighted by Gasteiger charge is 2.25. The van der Waals surface area contributed by atoms with Crippen molar-refractivity contribution in [3.63, 3.8) is 0 Å². The molecule has 5 heteroatoms. The molecule has 0 heterocycles. The van der Waals surface area contributed by atoms with Crippen molar-refractivity contribution in [2.45, 2.75) is 39.1 Å². The zero-order valence-corrected chi connectivity index (χ0v) is 13.7. The molecule has 0 unspecified atom stereocenters. The molecule has 2 aromatic rings. The molecule has 2 rings (SSSR count). The van der Waals surface area contributed by atoms with E-state index >= 15 is 0 Å². The highest BCUT2D eigenvalue weighted by atomic mass is 16.4. The smallest absolute Gasteiger partial charge is 0.426 e. The molecule has 23 heavy (non-hydrogen) atoms. The molecule has 0 saturated carbocycles. The summed E-state index contributed by atoms with van der Waals surface area (Å²) in [5.74, 6) is -0.494. The Hall–Kier alpha value is -1.85. The van der Waals surface area contributed by atoms with Gasteiger partial charge in [0.2, 0.25) is 5.91 Å². The van der Waals surface area contributed by atoms with Crippen LogP contribution in [0.15, 0.2) is 42.5 Å². The van der Waals surface area contributed by atoms with E-state index in [0.29, 0.717) is 19.3 Å². The number of benzene rings is 2. The number of amides is 1. The predicted molar refractivity (Wildman–Crippen MR) is 93.8 cm³/mol. The standard InChI is InChI=1S/C18H24BNO3/c1-13(2)12-17(19(22)23)20-18(21)11-10-15-8-5-7-14-6-3-4-9-16(14)15/h3-9,13,17,22-23H,10-12H2,1-2H3,(H,20,21)/t17-/m0/s1. The fourth-order valence-electron chi connectivity index (χ4n) is 2.80. The first-order chi connectivity index (χ1) is 11.0. The van der Waals surface area contributed by atoms with E-state index in [0.717, 1.165) is 16.3 Å². The van der Waals surface area contributed by atoms with Crippen LogP contribution in [0, 0.1) is 5.92 Å². The normalized spacial score (nSPS) is 12.4. The molecule has 0 aliphatic carbocycles. The molecular weight excluding hydrogens is 289 g/mol. The first-order valence-corrected chi connectivity index (χ1v) is 8.09. The molecule has 2 aromatic carbocycles. The van der Waals surface area contributed by atoms with Gasteiger partial charge in [-0.15, -0.1) is 0 Å². The van der Waals surface area contributed by atoms with E-state index in [1.807, 2.05) is 38.1 Å². The van der Waals surface area contributed by atoms with Gasteiger partial charge in [-0.2, -0.15) is 0 Å². The minimum Gasteiger partial charge on any atom is -0.426 e. The van der Waals surface area contributed by atoms with Gasteiger partial charge in [-0.25, -0.2) is 0 Å². The summed E-state index contributed by atoms with van der Waals surface area (Å²) in [4.78, 5) is 12.1. The molecule has 0 aliphatic heterocycles. The molecule has 0 fully saturated rings. The van der Waals surface area contributed by atoms with Gasteiger partial charge in [0.05, 0.1) is 5.94 Å². The van der Waals surface area contributed by atoms with Crippen LogP contribution >= 0.6 is 0 Å². The quantitative estimate of drug-likeness (QED) is 0.687. The molecule has 4 nitrogen and oxygen atoms in total. The molecule has 0 spiro atoms. The minimum absolute atomic E-state index is 0.156. The SMILES string of the molecule is CC(C)C[C@H](NC(=O)CCc1cccc2ccccc12)B(O)O. The van der Waals surface area contributed by atoms with Crippen molar-refractivity contribution in [3.05, 3.63) is 48.0 Å². The number of nitrogens with one attached hydrogen (secondary N) is 1. The maximum absolute atomic E-state index is 12.1. The van der Waals surface area contributed by atoms with Crippen LogP contribution in [0.2, 0.25) is 0 Å². The van der Waals surface area contributed by atoms with E-state index in [4.69, 9.17) is 0 Å². The maximum Gasteiger partial charge on any atom is 0.475 e. The van der Waals surface area contributed by atoms with Crippen LogP contribution in [-0.2, 0) is 11.2 Å². The molecule has 1 atom stereocenters. The fourth-order valence-corrected chi connectivity index (χ4v) is 2.80. The first kappa shape index (κ1) is 17.5. The van der Waals surface area contributed by atoms with Crippen LogP contribution in [0.4, 0.5) is 0 Å². The van der Waals surface area contributed by atoms with Crippen molar-refractivity contribution in [2.24, 2.45) is 5.92 Å². The lowest BCUT2D eigenvalue weighted by atomic mass is 9.75. The lowest BCUT2D eigenvalue weighted by Crippen LogP contribution is -2.47. The third kappa shape index (κ3) is 5.08. The number of hydrogen-bond donors (Lipinski definition) is 3. The van der Waals surface area contributed by atoms with Gasteiger partial charge in [-0.1, -0.05) is 56.3 Å². The molecular formula is C18H24BNO3. The summed E-state index contributed by atoms with van der Waals surface area (Å²) in [5.41, 5.74) is 1.13. The van der Waals surface area contributed by atoms with Crippen LogP contribution in [0.1, 0.15) is 32.3 Å². The molecule has 0 radical (unpaired) electrons. The van der Waals surface area contributed by atoms with Crippen molar-refractivity contribution < 1.29 is 14.8 Å². The van der Waals surface area contributed by atoms with Crippen LogP contribution in [0.5, 0.6) is 0 Å². The summed E-state index contributed by atoms with van der Waals surface area (Å²) < 4.78 is 0. The Bertz CT molecular complexity index is 652. The van der Waals surface area contributed by atoms with E-state index in [2.05, 4.69) is 23.5 Å². The Labute approximate surface area is 137 Å². The third-order valence-electron chi connectivity index (χ3n) is 3.93. The summed E-state index contributed by atoms with van der Waals surface area (Å²) in [6.07, 6.45) is 1.50. The van der Waals surface area contributed by atoms with Gasteiger partial charge >= 0.3 is 7.12 Å². The van der Waals surface area contributed by atoms with Crippen molar-refractivity contribution in [3.8, 4) is 0 Å². The first-order valence-electron chi connectivity index (χ1n) is 8.09. The third-order valence-corrected chi connectivity index (χ3v) is 3.93. The van der Waals surface area contributed by atoms with Gasteiger partial charge in [-0.05, 0) is 35.1 Å². The largest absolute Gasteiger partial charge is 0.475 e. The van der Waals surface area contributed by atoms with Gasteiger partial charge in [0.25, 0.3) is 0 Å². The predicted octanol–water partition coefficient (Wildman–Crippen LogP) is 2.32. The van der Waals surface area contributed by atoms with Crippen molar-refractivity contribution in [1.29, 1.82) is 0 Å². The lowest BCUT2D eigenvalue weighted by molar-refractivity contribution is -0.121. The summed E-state index contributed by atoms with van der Waals surface area (Å²) in [5, 5.41) is 23.8. The number of hydrogen-bond acceptors (Lipinski definition) is 3. The van der Waals surface area contributed by atoms with E-state index in [9.17, 15) is 14.8 Å². The summed E-state index contributed by atoms with van der Waals surface area (Å²) in [6, 6.07) is 14.2. The average Bonchev–Trinajstić information content (AvgIpc) is 2.51. The summed E-state index contributed by atoms with van der Waals surface area (Å²) in [6.45, 7) is 3.97. The zero-order valence-electron chi connectivity index (χ0n) is 13.7. The monoisotopic (exact) mass is 313 g/mol. The molecule has 0 bridgehead atoms. The number of carbonyl (C=O) groups is 1. The molecule has 3 N–H and O–H groups in total. The van der Waals surface area contributed by atoms with E-state index in [1.165, 1.54) is 0 Å². The highest BCUT2D eigenvalue weighted by Crippen LogP contribution is 2.19. The Morgan fingerprint density at radius 3 is 2.52 bits per heavy atom. The molecule has 0 aromatic heterocycles. The van der Waals surface area contributed by atoms with Crippen LogP contribution < -0.4 is 5.32 Å². The number of aryl methyl sites for hydroxylation is 1. The highest BCUT2D eigenvalue weighted by molar-refractivity contribution is 6.43. The Balaban J connectivity index is 1.98. The second-order valence-electron chi connectivity index (χ2n) is 6.36. The van der Waals surface area contributed by atoms with Crippen LogP contribution in [0.3, 0.4) is 0 Å². The molecule has 122 valence electrons.